The van der Waals surface area contributed by atoms with Crippen LogP contribution in [0.5, 0.6) is 5.75 Å². The summed E-state index contributed by atoms with van der Waals surface area (Å²) in [4.78, 5) is 24.1. The highest BCUT2D eigenvalue weighted by atomic mass is 16.5. The Bertz CT molecular complexity index is 1330. The summed E-state index contributed by atoms with van der Waals surface area (Å²) < 4.78 is 6.95. The molecule has 33 heavy (non-hydrogen) atoms. The van der Waals surface area contributed by atoms with Crippen LogP contribution in [-0.4, -0.2) is 33.5 Å². The van der Waals surface area contributed by atoms with Crippen LogP contribution >= 0.6 is 0 Å². The number of aliphatic hydroxyl groups is 1. The molecule has 0 spiro atoms. The van der Waals surface area contributed by atoms with Crippen LogP contribution < -0.4 is 15.6 Å². The fourth-order valence-electron chi connectivity index (χ4n) is 3.57. The summed E-state index contributed by atoms with van der Waals surface area (Å²) in [5.74, 6) is 0.389. The lowest BCUT2D eigenvalue weighted by molar-refractivity contribution is -0.114. The molecular formula is C26H25N3O4. The minimum absolute atomic E-state index is 0.00744. The van der Waals surface area contributed by atoms with Crippen molar-refractivity contribution in [3.63, 3.8) is 0 Å². The number of aryl methyl sites for hydroxylation is 1. The van der Waals surface area contributed by atoms with Gasteiger partial charge in [-0.15, -0.1) is 0 Å². The first-order valence-electron chi connectivity index (χ1n) is 10.7. The van der Waals surface area contributed by atoms with Crippen LogP contribution in [0.3, 0.4) is 0 Å². The highest BCUT2D eigenvalue weighted by Gasteiger charge is 2.15. The first-order valence-corrected chi connectivity index (χ1v) is 10.7. The fourth-order valence-corrected chi connectivity index (χ4v) is 3.57. The van der Waals surface area contributed by atoms with Gasteiger partial charge >= 0.3 is 0 Å². The number of carbonyl (C=O) groups excluding carboxylic acids is 1. The van der Waals surface area contributed by atoms with Gasteiger partial charge in [0.05, 0.1) is 17.6 Å². The zero-order valence-corrected chi connectivity index (χ0v) is 18.5. The van der Waals surface area contributed by atoms with E-state index < -0.39 is 6.10 Å². The van der Waals surface area contributed by atoms with Gasteiger partial charge in [0, 0.05) is 23.6 Å². The van der Waals surface area contributed by atoms with Crippen molar-refractivity contribution in [2.45, 2.75) is 26.5 Å². The molecule has 7 heteroatoms. The third kappa shape index (κ3) is 5.27. The molecular weight excluding hydrogens is 418 g/mol. The fraction of sp³-hybridized carbons (Fsp3) is 0.192. The summed E-state index contributed by atoms with van der Waals surface area (Å²) in [6.07, 6.45) is -0.947. The number of amides is 1. The van der Waals surface area contributed by atoms with Crippen molar-refractivity contribution >= 4 is 22.4 Å². The van der Waals surface area contributed by atoms with Gasteiger partial charge in [0.1, 0.15) is 18.5 Å². The molecule has 0 radical (unpaired) electrons. The van der Waals surface area contributed by atoms with Gasteiger partial charge in [-0.3, -0.25) is 9.59 Å². The Hall–Kier alpha value is -3.97. The number of benzene rings is 3. The molecule has 0 fully saturated rings. The van der Waals surface area contributed by atoms with E-state index in [1.165, 1.54) is 11.6 Å². The van der Waals surface area contributed by atoms with Crippen molar-refractivity contribution in [1.29, 1.82) is 0 Å². The van der Waals surface area contributed by atoms with Crippen molar-refractivity contribution in [3.05, 3.63) is 88.7 Å². The van der Waals surface area contributed by atoms with Crippen LogP contribution in [-0.2, 0) is 11.3 Å². The van der Waals surface area contributed by atoms with Gasteiger partial charge in [0.25, 0.3) is 5.56 Å². The second-order valence-corrected chi connectivity index (χ2v) is 7.92. The van der Waals surface area contributed by atoms with Crippen molar-refractivity contribution < 1.29 is 14.6 Å². The Morgan fingerprint density at radius 1 is 1.03 bits per heavy atom. The lowest BCUT2D eigenvalue weighted by Crippen LogP contribution is -2.32. The molecule has 1 atom stereocenters. The van der Waals surface area contributed by atoms with E-state index in [1.807, 2.05) is 49.4 Å². The maximum absolute atomic E-state index is 13.0. The number of nitrogens with zero attached hydrogens (tertiary/aromatic N) is 2. The predicted molar refractivity (Wildman–Crippen MR) is 128 cm³/mol. The molecule has 0 saturated carbocycles. The van der Waals surface area contributed by atoms with Crippen LogP contribution in [0, 0.1) is 6.92 Å². The first kappa shape index (κ1) is 22.2. The highest BCUT2D eigenvalue weighted by Crippen LogP contribution is 2.25. The number of nitrogens with one attached hydrogen (secondary N) is 1. The van der Waals surface area contributed by atoms with Gasteiger partial charge in [-0.1, -0.05) is 48.0 Å². The van der Waals surface area contributed by atoms with Gasteiger partial charge < -0.3 is 15.2 Å². The van der Waals surface area contributed by atoms with Crippen LogP contribution in [0.25, 0.3) is 22.0 Å². The van der Waals surface area contributed by atoms with Gasteiger partial charge in [0.2, 0.25) is 5.91 Å². The number of carbonyl (C=O) groups is 1. The summed E-state index contributed by atoms with van der Waals surface area (Å²) >= 11 is 0. The minimum atomic E-state index is -0.947. The third-order valence-corrected chi connectivity index (χ3v) is 5.19. The van der Waals surface area contributed by atoms with E-state index in [2.05, 4.69) is 10.4 Å². The van der Waals surface area contributed by atoms with Crippen molar-refractivity contribution in [2.24, 2.45) is 0 Å². The Kier molecular flexibility index (Phi) is 6.51. The average molecular weight is 444 g/mol. The summed E-state index contributed by atoms with van der Waals surface area (Å²) in [5, 5.41) is 19.1. The van der Waals surface area contributed by atoms with E-state index >= 15 is 0 Å². The summed E-state index contributed by atoms with van der Waals surface area (Å²) in [6.45, 7) is 3.43. The smallest absolute Gasteiger partial charge is 0.274 e. The van der Waals surface area contributed by atoms with E-state index in [-0.39, 0.29) is 24.6 Å². The molecule has 0 aliphatic carbocycles. The topological polar surface area (TPSA) is 93.4 Å². The molecule has 4 rings (SSSR count). The van der Waals surface area contributed by atoms with Crippen LogP contribution in [0.15, 0.2) is 77.6 Å². The Balaban J connectivity index is 1.54. The summed E-state index contributed by atoms with van der Waals surface area (Å²) in [7, 11) is 0. The predicted octanol–water partition coefficient (Wildman–Crippen LogP) is 3.77. The van der Waals surface area contributed by atoms with Gasteiger partial charge in [-0.25, -0.2) is 4.68 Å². The van der Waals surface area contributed by atoms with Gasteiger partial charge in [-0.05, 0) is 37.3 Å². The average Bonchev–Trinajstić information content (AvgIpc) is 2.81. The lowest BCUT2D eigenvalue weighted by Gasteiger charge is -2.16. The molecule has 3 aromatic carbocycles. The Labute approximate surface area is 191 Å². The molecule has 0 saturated heterocycles. The number of hydrogen-bond donors (Lipinski definition) is 2. The quantitative estimate of drug-likeness (QED) is 0.454. The molecule has 4 aromatic rings. The SMILES string of the molecule is CC(=O)Nc1ccc(OCC(O)Cn2nc(-c3ccc(C)cc3)c3ccccc3c2=O)cc1. The number of aromatic nitrogens is 2. The zero-order valence-electron chi connectivity index (χ0n) is 18.5. The molecule has 0 aliphatic rings. The normalized spacial score (nSPS) is 11.8. The van der Waals surface area contributed by atoms with Crippen molar-refractivity contribution in [3.8, 4) is 17.0 Å². The number of hydrogen-bond acceptors (Lipinski definition) is 5. The molecule has 1 unspecified atom stereocenters. The zero-order chi connectivity index (χ0) is 23.4. The maximum atomic E-state index is 13.0. The summed E-state index contributed by atoms with van der Waals surface area (Å²) in [6, 6.07) is 22.1. The van der Waals surface area contributed by atoms with E-state index in [9.17, 15) is 14.7 Å². The largest absolute Gasteiger partial charge is 0.491 e. The molecule has 1 amide bonds. The maximum Gasteiger partial charge on any atom is 0.274 e. The Morgan fingerprint density at radius 3 is 2.36 bits per heavy atom. The second-order valence-electron chi connectivity index (χ2n) is 7.92. The van der Waals surface area contributed by atoms with E-state index in [0.717, 1.165) is 16.5 Å². The number of anilines is 1. The highest BCUT2D eigenvalue weighted by molar-refractivity contribution is 5.93. The Morgan fingerprint density at radius 2 is 1.70 bits per heavy atom. The molecule has 168 valence electrons. The van der Waals surface area contributed by atoms with E-state index in [4.69, 9.17) is 4.74 Å². The number of ether oxygens (including phenoxy) is 1. The number of fused-ring (bicyclic) bond motifs is 1. The van der Waals surface area contributed by atoms with Crippen molar-refractivity contribution in [2.75, 3.05) is 11.9 Å². The number of aliphatic hydroxyl groups excluding tert-OH is 1. The van der Waals surface area contributed by atoms with Crippen LogP contribution in [0.2, 0.25) is 0 Å². The first-order chi connectivity index (χ1) is 15.9. The van der Waals surface area contributed by atoms with Gasteiger partial charge in [0.15, 0.2) is 0 Å². The van der Waals surface area contributed by atoms with E-state index in [0.29, 0.717) is 22.5 Å². The molecule has 2 N–H and O–H groups in total. The molecule has 1 aromatic heterocycles. The molecule has 1 heterocycles. The van der Waals surface area contributed by atoms with E-state index in [1.54, 1.807) is 30.3 Å². The number of rotatable bonds is 7. The third-order valence-electron chi connectivity index (χ3n) is 5.19. The molecule has 0 bridgehead atoms. The minimum Gasteiger partial charge on any atom is -0.491 e. The molecule has 7 nitrogen and oxygen atoms in total. The van der Waals surface area contributed by atoms with Gasteiger partial charge in [-0.2, -0.15) is 5.10 Å². The lowest BCUT2D eigenvalue weighted by atomic mass is 10.0. The van der Waals surface area contributed by atoms with Crippen LogP contribution in [0.1, 0.15) is 12.5 Å². The second kappa shape index (κ2) is 9.67. The molecule has 0 aliphatic heterocycles. The van der Waals surface area contributed by atoms with Crippen LogP contribution in [0.4, 0.5) is 5.69 Å². The monoisotopic (exact) mass is 443 g/mol. The standard InChI is InChI=1S/C26H25N3O4/c1-17-7-9-19(10-8-17)25-23-5-3-4-6-24(23)26(32)29(28-25)15-21(31)16-33-22-13-11-20(12-14-22)27-18(2)30/h3-14,21,31H,15-16H2,1-2H3,(H,27,30). The summed E-state index contributed by atoms with van der Waals surface area (Å²) in [5.41, 5.74) is 3.11. The van der Waals surface area contributed by atoms with Crippen molar-refractivity contribution in [1.82, 2.24) is 9.78 Å².